The van der Waals surface area contributed by atoms with Crippen LogP contribution in [0.1, 0.15) is 44.5 Å². The molecule has 0 unspecified atom stereocenters. The van der Waals surface area contributed by atoms with Crippen LogP contribution in [0, 0.1) is 0 Å². The van der Waals surface area contributed by atoms with E-state index in [-0.39, 0.29) is 16.5 Å². The molecule has 0 N–H and O–H groups in total. The molecule has 3 rings (SSSR count). The Labute approximate surface area is 213 Å². The molecule has 1 heterocycles. The maximum Gasteiger partial charge on any atom is 0.346 e. The van der Waals surface area contributed by atoms with Crippen molar-refractivity contribution < 1.29 is 14.3 Å². The van der Waals surface area contributed by atoms with Crippen LogP contribution in [0.4, 0.5) is 0 Å². The average Bonchev–Trinajstić information content (AvgIpc) is 2.79. The topological polar surface area (TPSA) is 82.8 Å². The van der Waals surface area contributed by atoms with E-state index in [9.17, 15) is 9.59 Å². The minimum absolute atomic E-state index is 0.0220. The molecule has 0 radical (unpaired) electrons. The molecule has 0 spiro atoms. The number of carbonyl (C=O) groups excluding carboxylic acids is 1. The van der Waals surface area contributed by atoms with Gasteiger partial charge in [-0.05, 0) is 65.2 Å². The highest BCUT2D eigenvalue weighted by atomic mass is 79.9. The Hall–Kier alpha value is -2.23. The van der Waals surface area contributed by atoms with Crippen LogP contribution in [-0.4, -0.2) is 35.1 Å². The van der Waals surface area contributed by atoms with Crippen LogP contribution in [0.15, 0.2) is 49.2 Å². The Morgan fingerprint density at radius 2 is 2.00 bits per heavy atom. The number of aromatic nitrogens is 2. The summed E-state index contributed by atoms with van der Waals surface area (Å²) in [5.74, 6) is 0.386. The molecular formula is C23H22Br2ClN3O4. The van der Waals surface area contributed by atoms with Crippen molar-refractivity contribution >= 4 is 66.5 Å². The van der Waals surface area contributed by atoms with Gasteiger partial charge in [-0.1, -0.05) is 41.4 Å². The molecule has 2 aromatic carbocycles. The third-order valence-electron chi connectivity index (χ3n) is 5.06. The molecule has 2 atom stereocenters. The van der Waals surface area contributed by atoms with Gasteiger partial charge in [0.15, 0.2) is 11.9 Å². The predicted molar refractivity (Wildman–Crippen MR) is 137 cm³/mol. The zero-order valence-corrected chi connectivity index (χ0v) is 22.4. The van der Waals surface area contributed by atoms with Crippen LogP contribution < -0.4 is 10.3 Å². The number of halogens is 3. The third-order valence-corrected chi connectivity index (χ3v) is 6.42. The molecule has 0 aliphatic carbocycles. The predicted octanol–water partition coefficient (Wildman–Crippen LogP) is 5.91. The Balaban J connectivity index is 2.04. The number of benzene rings is 2. The summed E-state index contributed by atoms with van der Waals surface area (Å²) in [6.07, 6.45) is 1.50. The molecule has 1 aromatic heterocycles. The highest BCUT2D eigenvalue weighted by Crippen LogP contribution is 2.35. The number of rotatable bonds is 7. The first kappa shape index (κ1) is 25.4. The SMILES string of the molecule is CC[C@@H](C)c1nc2ccc(Br)cc2c(=O)n1N=Cc1cc(Cl)c(O[C@@H](C)C(=O)OC)c(Br)c1. The van der Waals surface area contributed by atoms with E-state index in [0.717, 1.165) is 10.9 Å². The molecule has 0 aliphatic heterocycles. The monoisotopic (exact) mass is 597 g/mol. The van der Waals surface area contributed by atoms with E-state index >= 15 is 0 Å². The van der Waals surface area contributed by atoms with Crippen molar-refractivity contribution in [3.63, 3.8) is 0 Å². The van der Waals surface area contributed by atoms with Gasteiger partial charge in [-0.3, -0.25) is 4.79 Å². The summed E-state index contributed by atoms with van der Waals surface area (Å²) in [5, 5.41) is 5.19. The van der Waals surface area contributed by atoms with Gasteiger partial charge in [0, 0.05) is 10.4 Å². The number of fused-ring (bicyclic) bond motifs is 1. The minimum Gasteiger partial charge on any atom is -0.476 e. The second-order valence-corrected chi connectivity index (χ2v) is 9.58. The van der Waals surface area contributed by atoms with Gasteiger partial charge in [0.25, 0.3) is 5.56 Å². The molecule has 174 valence electrons. The molecule has 3 aromatic rings. The lowest BCUT2D eigenvalue weighted by molar-refractivity contribution is -0.147. The minimum atomic E-state index is -0.831. The number of hydrogen-bond acceptors (Lipinski definition) is 6. The van der Waals surface area contributed by atoms with Crippen LogP contribution in [0.3, 0.4) is 0 Å². The van der Waals surface area contributed by atoms with Crippen molar-refractivity contribution in [2.45, 2.75) is 39.2 Å². The molecule has 0 bridgehead atoms. The largest absolute Gasteiger partial charge is 0.476 e. The first-order chi connectivity index (χ1) is 15.7. The highest BCUT2D eigenvalue weighted by molar-refractivity contribution is 9.10. The van der Waals surface area contributed by atoms with Gasteiger partial charge in [0.2, 0.25) is 0 Å². The summed E-state index contributed by atoms with van der Waals surface area (Å²) in [5.41, 5.74) is 0.989. The van der Waals surface area contributed by atoms with E-state index in [1.54, 1.807) is 25.1 Å². The van der Waals surface area contributed by atoms with E-state index in [0.29, 0.717) is 32.5 Å². The van der Waals surface area contributed by atoms with E-state index in [1.807, 2.05) is 26.0 Å². The summed E-state index contributed by atoms with van der Waals surface area (Å²) in [6, 6.07) is 8.76. The number of esters is 1. The summed E-state index contributed by atoms with van der Waals surface area (Å²) >= 11 is 13.2. The summed E-state index contributed by atoms with van der Waals surface area (Å²) in [7, 11) is 1.29. The third kappa shape index (κ3) is 5.65. The van der Waals surface area contributed by atoms with Crippen molar-refractivity contribution in [3.05, 3.63) is 66.0 Å². The summed E-state index contributed by atoms with van der Waals surface area (Å²) in [6.45, 7) is 5.60. The van der Waals surface area contributed by atoms with E-state index in [1.165, 1.54) is 18.0 Å². The van der Waals surface area contributed by atoms with E-state index < -0.39 is 12.1 Å². The van der Waals surface area contributed by atoms with E-state index in [2.05, 4.69) is 41.7 Å². The van der Waals surface area contributed by atoms with Crippen LogP contribution >= 0.6 is 43.5 Å². The lowest BCUT2D eigenvalue weighted by Gasteiger charge is -2.16. The second kappa shape index (κ2) is 10.8. The number of methoxy groups -OCH3 is 1. The van der Waals surface area contributed by atoms with Crippen LogP contribution in [0.25, 0.3) is 10.9 Å². The maximum atomic E-state index is 13.2. The first-order valence-corrected chi connectivity index (χ1v) is 12.1. The Kier molecular flexibility index (Phi) is 8.31. The van der Waals surface area contributed by atoms with Crippen molar-refractivity contribution in [2.75, 3.05) is 7.11 Å². The van der Waals surface area contributed by atoms with Crippen molar-refractivity contribution in [1.82, 2.24) is 9.66 Å². The number of ether oxygens (including phenoxy) is 2. The molecule has 0 aliphatic rings. The Morgan fingerprint density at radius 3 is 2.64 bits per heavy atom. The zero-order chi connectivity index (χ0) is 24.3. The lowest BCUT2D eigenvalue weighted by Crippen LogP contribution is -2.25. The molecule has 33 heavy (non-hydrogen) atoms. The summed E-state index contributed by atoms with van der Waals surface area (Å²) < 4.78 is 12.9. The fourth-order valence-corrected chi connectivity index (χ4v) is 4.38. The second-order valence-electron chi connectivity index (χ2n) is 7.40. The lowest BCUT2D eigenvalue weighted by atomic mass is 10.1. The Morgan fingerprint density at radius 1 is 1.27 bits per heavy atom. The van der Waals surface area contributed by atoms with Crippen molar-refractivity contribution in [1.29, 1.82) is 0 Å². The quantitative estimate of drug-likeness (QED) is 0.249. The van der Waals surface area contributed by atoms with Gasteiger partial charge in [-0.15, -0.1) is 0 Å². The maximum absolute atomic E-state index is 13.2. The number of carbonyl (C=O) groups is 1. The molecule has 0 amide bonds. The van der Waals surface area contributed by atoms with Crippen LogP contribution in [0.2, 0.25) is 5.02 Å². The van der Waals surface area contributed by atoms with Gasteiger partial charge in [-0.2, -0.15) is 9.78 Å². The smallest absolute Gasteiger partial charge is 0.346 e. The molecule has 0 fully saturated rings. The molecule has 0 saturated carbocycles. The van der Waals surface area contributed by atoms with Gasteiger partial charge in [0.1, 0.15) is 5.82 Å². The average molecular weight is 600 g/mol. The highest BCUT2D eigenvalue weighted by Gasteiger charge is 2.19. The fourth-order valence-electron chi connectivity index (χ4n) is 3.06. The van der Waals surface area contributed by atoms with Gasteiger partial charge in [0.05, 0.1) is 33.7 Å². The fraction of sp³-hybridized carbons (Fsp3) is 0.304. The summed E-state index contributed by atoms with van der Waals surface area (Å²) in [4.78, 5) is 29.6. The van der Waals surface area contributed by atoms with Crippen LogP contribution in [-0.2, 0) is 9.53 Å². The Bertz CT molecular complexity index is 1270. The molecule has 10 heteroatoms. The number of nitrogens with zero attached hydrogens (tertiary/aromatic N) is 3. The van der Waals surface area contributed by atoms with E-state index in [4.69, 9.17) is 21.3 Å². The normalized spacial score (nSPS) is 13.3. The van der Waals surface area contributed by atoms with Gasteiger partial charge < -0.3 is 9.47 Å². The standard InChI is InChI=1S/C23H22Br2ClN3O4/c1-5-12(2)21-28-19-7-6-15(24)10-16(19)22(30)29(21)27-11-14-8-17(25)20(18(26)9-14)33-13(3)23(31)32-4/h6-13H,5H2,1-4H3/t12-,13+/m1/s1. The molecule has 7 nitrogen and oxygen atoms in total. The molecule has 0 saturated heterocycles. The zero-order valence-electron chi connectivity index (χ0n) is 18.4. The van der Waals surface area contributed by atoms with Crippen LogP contribution in [0.5, 0.6) is 5.75 Å². The van der Waals surface area contributed by atoms with Gasteiger partial charge >= 0.3 is 5.97 Å². The van der Waals surface area contributed by atoms with Gasteiger partial charge in [-0.25, -0.2) is 9.78 Å². The van der Waals surface area contributed by atoms with Crippen molar-refractivity contribution in [3.8, 4) is 5.75 Å². The van der Waals surface area contributed by atoms with Crippen molar-refractivity contribution in [2.24, 2.45) is 5.10 Å². The number of hydrogen-bond donors (Lipinski definition) is 0. The molecular weight excluding hydrogens is 578 g/mol. The first-order valence-electron chi connectivity index (χ1n) is 10.2.